The van der Waals surface area contributed by atoms with Gasteiger partial charge in [-0.1, -0.05) is 12.2 Å². The Morgan fingerprint density at radius 1 is 1.18 bits per heavy atom. The summed E-state index contributed by atoms with van der Waals surface area (Å²) in [5.74, 6) is -7.19. The van der Waals surface area contributed by atoms with E-state index in [1.54, 1.807) is 0 Å². The standard InChI is InChI=1S/C10H9F4NOS/c11-5-4-6(12)9(14)10(8(5)13)16-3-1-2-7(15)17/h4H,1-3H2,(H2,15,17). The van der Waals surface area contributed by atoms with Gasteiger partial charge in [0.15, 0.2) is 17.4 Å². The van der Waals surface area contributed by atoms with E-state index in [0.717, 1.165) is 0 Å². The number of halogens is 4. The maximum atomic E-state index is 13.1. The number of nitrogens with two attached hydrogens (primary N) is 1. The van der Waals surface area contributed by atoms with Crippen molar-refractivity contribution in [3.63, 3.8) is 0 Å². The molecule has 0 atom stereocenters. The van der Waals surface area contributed by atoms with E-state index in [1.165, 1.54) is 0 Å². The van der Waals surface area contributed by atoms with Crippen LogP contribution in [0.1, 0.15) is 12.8 Å². The van der Waals surface area contributed by atoms with Crippen molar-refractivity contribution in [2.24, 2.45) is 5.73 Å². The third kappa shape index (κ3) is 3.55. The Hall–Kier alpha value is -1.37. The van der Waals surface area contributed by atoms with Gasteiger partial charge in [-0.2, -0.15) is 8.78 Å². The van der Waals surface area contributed by atoms with Crippen LogP contribution in [0.3, 0.4) is 0 Å². The lowest BCUT2D eigenvalue weighted by Crippen LogP contribution is -2.11. The highest BCUT2D eigenvalue weighted by molar-refractivity contribution is 7.80. The fourth-order valence-electron chi connectivity index (χ4n) is 1.10. The number of hydrogen-bond acceptors (Lipinski definition) is 2. The molecule has 94 valence electrons. The molecule has 0 aliphatic heterocycles. The molecule has 0 heterocycles. The average Bonchev–Trinajstić information content (AvgIpc) is 2.25. The molecule has 0 saturated carbocycles. The predicted octanol–water partition coefficient (Wildman–Crippen LogP) is 2.69. The van der Waals surface area contributed by atoms with Crippen LogP contribution in [-0.2, 0) is 0 Å². The van der Waals surface area contributed by atoms with Crippen LogP contribution in [0.5, 0.6) is 5.75 Å². The minimum Gasteiger partial charge on any atom is -0.487 e. The van der Waals surface area contributed by atoms with E-state index in [2.05, 4.69) is 17.0 Å². The summed E-state index contributed by atoms with van der Waals surface area (Å²) in [5.41, 5.74) is 5.19. The van der Waals surface area contributed by atoms with Crippen LogP contribution in [0.15, 0.2) is 6.07 Å². The van der Waals surface area contributed by atoms with Gasteiger partial charge in [-0.3, -0.25) is 0 Å². The number of thiocarbonyl (C=S) groups is 1. The molecule has 1 aromatic carbocycles. The van der Waals surface area contributed by atoms with Crippen LogP contribution >= 0.6 is 12.2 Å². The average molecular weight is 267 g/mol. The van der Waals surface area contributed by atoms with Gasteiger partial charge < -0.3 is 10.5 Å². The molecule has 0 saturated heterocycles. The van der Waals surface area contributed by atoms with Crippen molar-refractivity contribution in [1.82, 2.24) is 0 Å². The topological polar surface area (TPSA) is 35.2 Å². The monoisotopic (exact) mass is 267 g/mol. The van der Waals surface area contributed by atoms with Gasteiger partial charge in [0, 0.05) is 12.5 Å². The van der Waals surface area contributed by atoms with E-state index in [0.29, 0.717) is 12.8 Å². The first kappa shape index (κ1) is 13.7. The molecule has 0 bridgehead atoms. The van der Waals surface area contributed by atoms with Gasteiger partial charge in [-0.15, -0.1) is 0 Å². The van der Waals surface area contributed by atoms with Crippen LogP contribution < -0.4 is 10.5 Å². The summed E-state index contributed by atoms with van der Waals surface area (Å²) in [4.78, 5) is 0.222. The van der Waals surface area contributed by atoms with Crippen LogP contribution in [0.25, 0.3) is 0 Å². The van der Waals surface area contributed by atoms with Gasteiger partial charge in [0.1, 0.15) is 0 Å². The summed E-state index contributed by atoms with van der Waals surface area (Å²) >= 11 is 4.57. The van der Waals surface area contributed by atoms with Crippen molar-refractivity contribution in [2.75, 3.05) is 6.61 Å². The van der Waals surface area contributed by atoms with Gasteiger partial charge in [-0.05, 0) is 6.42 Å². The quantitative estimate of drug-likeness (QED) is 0.385. The first-order chi connectivity index (χ1) is 7.93. The molecule has 0 aliphatic carbocycles. The number of benzene rings is 1. The van der Waals surface area contributed by atoms with E-state index in [1.807, 2.05) is 0 Å². The maximum absolute atomic E-state index is 13.1. The lowest BCUT2D eigenvalue weighted by Gasteiger charge is -2.08. The lowest BCUT2D eigenvalue weighted by molar-refractivity contribution is 0.269. The molecule has 0 radical (unpaired) electrons. The summed E-state index contributed by atoms with van der Waals surface area (Å²) in [7, 11) is 0. The second kappa shape index (κ2) is 5.81. The summed E-state index contributed by atoms with van der Waals surface area (Å²) < 4.78 is 56.3. The molecule has 1 rings (SSSR count). The van der Waals surface area contributed by atoms with E-state index in [4.69, 9.17) is 5.73 Å². The van der Waals surface area contributed by atoms with Gasteiger partial charge in [0.05, 0.1) is 11.6 Å². The van der Waals surface area contributed by atoms with Gasteiger partial charge >= 0.3 is 0 Å². The van der Waals surface area contributed by atoms with E-state index in [9.17, 15) is 17.6 Å². The third-order valence-corrected chi connectivity index (χ3v) is 2.09. The molecule has 0 aromatic heterocycles. The second-order valence-corrected chi connectivity index (χ2v) is 3.74. The maximum Gasteiger partial charge on any atom is 0.203 e. The van der Waals surface area contributed by atoms with E-state index >= 15 is 0 Å². The predicted molar refractivity (Wildman–Crippen MR) is 57.8 cm³/mol. The Labute approximate surface area is 100 Å². The number of rotatable bonds is 5. The zero-order valence-corrected chi connectivity index (χ0v) is 9.42. The number of hydrogen-bond donors (Lipinski definition) is 1. The Balaban J connectivity index is 2.73. The minimum atomic E-state index is -1.56. The molecule has 2 N–H and O–H groups in total. The summed E-state index contributed by atoms with van der Waals surface area (Å²) in [5, 5.41) is 0. The molecule has 7 heteroatoms. The molecule has 0 fully saturated rings. The summed E-state index contributed by atoms with van der Waals surface area (Å²) in [6.45, 7) is -0.145. The van der Waals surface area contributed by atoms with Gasteiger partial charge in [0.2, 0.25) is 11.6 Å². The van der Waals surface area contributed by atoms with Crippen molar-refractivity contribution in [3.8, 4) is 5.75 Å². The summed E-state index contributed by atoms with van der Waals surface area (Å²) in [6.07, 6.45) is 0.614. The highest BCUT2D eigenvalue weighted by Gasteiger charge is 2.20. The highest BCUT2D eigenvalue weighted by atomic mass is 32.1. The molecule has 0 unspecified atom stereocenters. The highest BCUT2D eigenvalue weighted by Crippen LogP contribution is 2.26. The molecular formula is C10H9F4NOS. The van der Waals surface area contributed by atoms with Crippen molar-refractivity contribution in [1.29, 1.82) is 0 Å². The lowest BCUT2D eigenvalue weighted by atomic mass is 10.3. The van der Waals surface area contributed by atoms with Gasteiger partial charge in [-0.25, -0.2) is 8.78 Å². The molecule has 17 heavy (non-hydrogen) atoms. The fourth-order valence-corrected chi connectivity index (χ4v) is 1.24. The normalized spacial score (nSPS) is 10.4. The number of ether oxygens (including phenoxy) is 1. The molecule has 1 aromatic rings. The van der Waals surface area contributed by atoms with Crippen LogP contribution in [0.2, 0.25) is 0 Å². The Morgan fingerprint density at radius 3 is 2.18 bits per heavy atom. The van der Waals surface area contributed by atoms with Crippen molar-refractivity contribution < 1.29 is 22.3 Å². The molecule has 0 spiro atoms. The molecule has 0 amide bonds. The molecule has 0 aliphatic rings. The zero-order valence-electron chi connectivity index (χ0n) is 8.60. The van der Waals surface area contributed by atoms with E-state index < -0.39 is 29.0 Å². The molecular weight excluding hydrogens is 258 g/mol. The minimum absolute atomic E-state index is 0.118. The SMILES string of the molecule is NC(=S)CCCOc1c(F)c(F)cc(F)c1F. The fraction of sp³-hybridized carbons (Fsp3) is 0.300. The largest absolute Gasteiger partial charge is 0.487 e. The Bertz CT molecular complexity index is 413. The van der Waals surface area contributed by atoms with Crippen molar-refractivity contribution >= 4 is 17.2 Å². The molecule has 2 nitrogen and oxygen atoms in total. The summed E-state index contributed by atoms with van der Waals surface area (Å²) in [6, 6.07) is 0.118. The van der Waals surface area contributed by atoms with Crippen LogP contribution in [-0.4, -0.2) is 11.6 Å². The van der Waals surface area contributed by atoms with Crippen LogP contribution in [0, 0.1) is 23.3 Å². The van der Waals surface area contributed by atoms with E-state index in [-0.39, 0.29) is 17.7 Å². The van der Waals surface area contributed by atoms with Crippen LogP contribution in [0.4, 0.5) is 17.6 Å². The zero-order chi connectivity index (χ0) is 13.0. The van der Waals surface area contributed by atoms with Crippen molar-refractivity contribution in [3.05, 3.63) is 29.3 Å². The smallest absolute Gasteiger partial charge is 0.203 e. The first-order valence-electron chi connectivity index (χ1n) is 4.67. The first-order valence-corrected chi connectivity index (χ1v) is 5.08. The Morgan fingerprint density at radius 2 is 1.71 bits per heavy atom. The van der Waals surface area contributed by atoms with Gasteiger partial charge in [0.25, 0.3) is 0 Å². The second-order valence-electron chi connectivity index (χ2n) is 3.22. The third-order valence-electron chi connectivity index (χ3n) is 1.89. The van der Waals surface area contributed by atoms with Crippen molar-refractivity contribution in [2.45, 2.75) is 12.8 Å². The Kier molecular flexibility index (Phi) is 4.68.